The third-order valence-electron chi connectivity index (χ3n) is 10.1. The van der Waals surface area contributed by atoms with Crippen molar-refractivity contribution in [2.75, 3.05) is 0 Å². The molecule has 10 rings (SSSR count). The standard InChI is InChI=1S/C47H31N3O/c1-2-13-34(14-3-1)45-48-46(36-26-23-30-11-4-5-15-35(30)27-36)50-47(49-45)41-28-37(29-43-44(41)40-18-8-9-20-42(40)51-43)31-21-24-33(25-22-31)39-19-10-16-32-12-6-7-17-38(32)39/h1-29,43-44H. The lowest BCUT2D eigenvalue weighted by molar-refractivity contribution is 0.272. The zero-order chi connectivity index (χ0) is 33.7. The Morgan fingerprint density at radius 3 is 1.96 bits per heavy atom. The number of nitrogens with zero attached hydrogens (tertiary/aromatic N) is 3. The van der Waals surface area contributed by atoms with Crippen LogP contribution in [0.1, 0.15) is 22.9 Å². The van der Waals surface area contributed by atoms with E-state index in [4.69, 9.17) is 19.7 Å². The fourth-order valence-electron chi connectivity index (χ4n) is 7.57. The molecular formula is C47H31N3O. The summed E-state index contributed by atoms with van der Waals surface area (Å²) in [5.41, 5.74) is 8.65. The highest BCUT2D eigenvalue weighted by Gasteiger charge is 2.40. The van der Waals surface area contributed by atoms with Gasteiger partial charge in [0.05, 0.1) is 5.92 Å². The lowest BCUT2D eigenvalue weighted by Crippen LogP contribution is -2.22. The van der Waals surface area contributed by atoms with E-state index in [1.54, 1.807) is 0 Å². The van der Waals surface area contributed by atoms with Gasteiger partial charge in [-0.15, -0.1) is 0 Å². The summed E-state index contributed by atoms with van der Waals surface area (Å²) in [4.78, 5) is 15.5. The van der Waals surface area contributed by atoms with E-state index in [1.807, 2.05) is 24.3 Å². The number of ether oxygens (including phenoxy) is 1. The van der Waals surface area contributed by atoms with Gasteiger partial charge in [-0.25, -0.2) is 15.0 Å². The van der Waals surface area contributed by atoms with Gasteiger partial charge in [0.15, 0.2) is 17.5 Å². The van der Waals surface area contributed by atoms with Gasteiger partial charge in [0, 0.05) is 22.3 Å². The molecule has 2 aliphatic rings. The van der Waals surface area contributed by atoms with Crippen LogP contribution in [0.25, 0.3) is 66.6 Å². The number of para-hydroxylation sites is 1. The average Bonchev–Trinajstić information content (AvgIpc) is 3.59. The molecule has 51 heavy (non-hydrogen) atoms. The summed E-state index contributed by atoms with van der Waals surface area (Å²) in [5, 5.41) is 4.81. The molecule has 240 valence electrons. The van der Waals surface area contributed by atoms with Crippen LogP contribution in [-0.4, -0.2) is 21.1 Å². The van der Waals surface area contributed by atoms with Gasteiger partial charge in [-0.1, -0.05) is 152 Å². The van der Waals surface area contributed by atoms with Crippen LogP contribution in [0.2, 0.25) is 0 Å². The Morgan fingerprint density at radius 1 is 0.451 bits per heavy atom. The van der Waals surface area contributed by atoms with Gasteiger partial charge >= 0.3 is 0 Å². The van der Waals surface area contributed by atoms with Crippen LogP contribution >= 0.6 is 0 Å². The van der Waals surface area contributed by atoms with Crippen LogP contribution in [-0.2, 0) is 0 Å². The molecule has 1 aliphatic heterocycles. The van der Waals surface area contributed by atoms with E-state index in [2.05, 4.69) is 152 Å². The van der Waals surface area contributed by atoms with E-state index in [9.17, 15) is 0 Å². The van der Waals surface area contributed by atoms with E-state index in [0.717, 1.165) is 44.5 Å². The maximum absolute atomic E-state index is 6.65. The lowest BCUT2D eigenvalue weighted by Gasteiger charge is -2.25. The molecule has 0 spiro atoms. The average molecular weight is 654 g/mol. The quantitative estimate of drug-likeness (QED) is 0.185. The lowest BCUT2D eigenvalue weighted by atomic mass is 9.80. The molecular weight excluding hydrogens is 623 g/mol. The Kier molecular flexibility index (Phi) is 6.91. The van der Waals surface area contributed by atoms with Crippen LogP contribution in [0.15, 0.2) is 176 Å². The smallest absolute Gasteiger partial charge is 0.164 e. The Bertz CT molecular complexity index is 2670. The van der Waals surface area contributed by atoms with Gasteiger partial charge in [-0.05, 0) is 68.1 Å². The molecule has 0 saturated carbocycles. The molecule has 8 aromatic rings. The molecule has 4 heteroatoms. The number of allylic oxidation sites excluding steroid dienone is 2. The fraction of sp³-hybridized carbons (Fsp3) is 0.0426. The molecule has 0 saturated heterocycles. The first kappa shape index (κ1) is 29.3. The highest BCUT2D eigenvalue weighted by Crippen LogP contribution is 2.49. The van der Waals surface area contributed by atoms with Gasteiger partial charge < -0.3 is 4.74 Å². The molecule has 0 amide bonds. The van der Waals surface area contributed by atoms with E-state index in [-0.39, 0.29) is 12.0 Å². The second-order valence-corrected chi connectivity index (χ2v) is 13.2. The summed E-state index contributed by atoms with van der Waals surface area (Å²) >= 11 is 0. The Labute approximate surface area is 296 Å². The number of hydrogen-bond acceptors (Lipinski definition) is 4. The summed E-state index contributed by atoms with van der Waals surface area (Å²) < 4.78 is 6.65. The number of hydrogen-bond donors (Lipinski definition) is 0. The molecule has 1 aliphatic carbocycles. The van der Waals surface area contributed by atoms with Crippen LogP contribution in [0.4, 0.5) is 0 Å². The second kappa shape index (κ2) is 12.0. The summed E-state index contributed by atoms with van der Waals surface area (Å²) in [5.74, 6) is 2.78. The van der Waals surface area contributed by atoms with Crippen molar-refractivity contribution in [3.63, 3.8) is 0 Å². The van der Waals surface area contributed by atoms with Crippen molar-refractivity contribution in [3.05, 3.63) is 193 Å². The van der Waals surface area contributed by atoms with Crippen LogP contribution in [0.5, 0.6) is 5.75 Å². The molecule has 0 radical (unpaired) electrons. The molecule has 2 heterocycles. The molecule has 2 unspecified atom stereocenters. The second-order valence-electron chi connectivity index (χ2n) is 13.2. The SMILES string of the molecule is C1=C(c2ccc(-c3cccc4ccccc34)cc2)C=C(c2nc(-c3ccccc3)nc(-c3ccc4ccccc4c3)n2)C2c3ccccc3OC12. The Hall–Kier alpha value is -6.65. The summed E-state index contributed by atoms with van der Waals surface area (Å²) in [6, 6.07) is 57.2. The Morgan fingerprint density at radius 2 is 1.10 bits per heavy atom. The first-order valence-electron chi connectivity index (χ1n) is 17.3. The van der Waals surface area contributed by atoms with Gasteiger partial charge in [0.2, 0.25) is 0 Å². The summed E-state index contributed by atoms with van der Waals surface area (Å²) in [6.07, 6.45) is 4.31. The number of rotatable bonds is 5. The number of aromatic nitrogens is 3. The van der Waals surface area contributed by atoms with E-state index < -0.39 is 0 Å². The first-order valence-corrected chi connectivity index (χ1v) is 17.3. The highest BCUT2D eigenvalue weighted by molar-refractivity contribution is 5.97. The molecule has 4 nitrogen and oxygen atoms in total. The van der Waals surface area contributed by atoms with Gasteiger partial charge in [0.25, 0.3) is 0 Å². The minimum Gasteiger partial charge on any atom is -0.485 e. The van der Waals surface area contributed by atoms with Crippen molar-refractivity contribution in [2.24, 2.45) is 0 Å². The zero-order valence-corrected chi connectivity index (χ0v) is 27.6. The van der Waals surface area contributed by atoms with Crippen molar-refractivity contribution >= 4 is 32.7 Å². The third kappa shape index (κ3) is 5.20. The maximum Gasteiger partial charge on any atom is 0.164 e. The zero-order valence-electron chi connectivity index (χ0n) is 27.6. The summed E-state index contributed by atoms with van der Waals surface area (Å²) in [6.45, 7) is 0. The number of benzene rings is 7. The van der Waals surface area contributed by atoms with E-state index in [1.165, 1.54) is 27.3 Å². The molecule has 0 fully saturated rings. The van der Waals surface area contributed by atoms with Crippen LogP contribution < -0.4 is 4.74 Å². The summed E-state index contributed by atoms with van der Waals surface area (Å²) in [7, 11) is 0. The van der Waals surface area contributed by atoms with Crippen molar-refractivity contribution in [3.8, 4) is 39.7 Å². The van der Waals surface area contributed by atoms with E-state index in [0.29, 0.717) is 17.5 Å². The Balaban J connectivity index is 1.12. The molecule has 0 bridgehead atoms. The fourth-order valence-corrected chi connectivity index (χ4v) is 7.57. The monoisotopic (exact) mass is 653 g/mol. The van der Waals surface area contributed by atoms with E-state index >= 15 is 0 Å². The van der Waals surface area contributed by atoms with Crippen molar-refractivity contribution in [2.45, 2.75) is 12.0 Å². The van der Waals surface area contributed by atoms with Gasteiger partial charge in [-0.3, -0.25) is 0 Å². The first-order chi connectivity index (χ1) is 25.2. The predicted octanol–water partition coefficient (Wildman–Crippen LogP) is 11.2. The molecule has 1 aromatic heterocycles. The van der Waals surface area contributed by atoms with Gasteiger partial charge in [-0.2, -0.15) is 0 Å². The third-order valence-corrected chi connectivity index (χ3v) is 10.1. The molecule has 7 aromatic carbocycles. The number of fused-ring (bicyclic) bond motifs is 5. The predicted molar refractivity (Wildman–Crippen MR) is 207 cm³/mol. The molecule has 0 N–H and O–H groups in total. The van der Waals surface area contributed by atoms with Crippen LogP contribution in [0.3, 0.4) is 0 Å². The van der Waals surface area contributed by atoms with Crippen molar-refractivity contribution in [1.82, 2.24) is 15.0 Å². The van der Waals surface area contributed by atoms with Gasteiger partial charge in [0.1, 0.15) is 11.9 Å². The minimum absolute atomic E-state index is 0.0598. The largest absolute Gasteiger partial charge is 0.485 e. The minimum atomic E-state index is -0.198. The topological polar surface area (TPSA) is 47.9 Å². The molecule has 2 atom stereocenters. The highest BCUT2D eigenvalue weighted by atomic mass is 16.5. The van der Waals surface area contributed by atoms with Crippen molar-refractivity contribution in [1.29, 1.82) is 0 Å². The normalized spacial score (nSPS) is 16.2. The maximum atomic E-state index is 6.65. The van der Waals surface area contributed by atoms with Crippen molar-refractivity contribution < 1.29 is 4.74 Å². The van der Waals surface area contributed by atoms with Crippen LogP contribution in [0, 0.1) is 0 Å².